The second-order valence-corrected chi connectivity index (χ2v) is 4.67. The zero-order chi connectivity index (χ0) is 15.4. The van der Waals surface area contributed by atoms with E-state index in [1.165, 1.54) is 15.5 Å². The van der Waals surface area contributed by atoms with Gasteiger partial charge in [0.25, 0.3) is 5.56 Å². The quantitative estimate of drug-likeness (QED) is 0.836. The van der Waals surface area contributed by atoms with Crippen LogP contribution in [0, 0.1) is 11.3 Å². The summed E-state index contributed by atoms with van der Waals surface area (Å²) in [5.41, 5.74) is 0.802. The predicted molar refractivity (Wildman–Crippen MR) is 77.3 cm³/mol. The first-order valence-electron chi connectivity index (χ1n) is 6.29. The summed E-state index contributed by atoms with van der Waals surface area (Å²) in [4.78, 5) is 29.6. The number of likely N-dealkylation sites (N-methyl/N-ethyl adjacent to an activating group) is 1. The first-order chi connectivity index (χ1) is 10.0. The van der Waals surface area contributed by atoms with Crippen LogP contribution >= 0.6 is 0 Å². The van der Waals surface area contributed by atoms with Gasteiger partial charge < -0.3 is 4.90 Å². The molecular formula is C15H14N4O2. The highest BCUT2D eigenvalue weighted by molar-refractivity contribution is 5.76. The Balaban J connectivity index is 2.61. The summed E-state index contributed by atoms with van der Waals surface area (Å²) in [6.07, 6.45) is 3.23. The largest absolute Gasteiger partial charge is 0.347 e. The van der Waals surface area contributed by atoms with Crippen molar-refractivity contribution < 1.29 is 4.79 Å². The van der Waals surface area contributed by atoms with Crippen LogP contribution in [-0.4, -0.2) is 34.5 Å². The summed E-state index contributed by atoms with van der Waals surface area (Å²) in [6.45, 7) is -0.119. The van der Waals surface area contributed by atoms with Crippen molar-refractivity contribution in [3.05, 3.63) is 52.6 Å². The van der Waals surface area contributed by atoms with Gasteiger partial charge in [0, 0.05) is 32.1 Å². The highest BCUT2D eigenvalue weighted by Crippen LogP contribution is 2.17. The third-order valence-electron chi connectivity index (χ3n) is 3.04. The van der Waals surface area contributed by atoms with Gasteiger partial charge in [0.05, 0.1) is 5.69 Å². The Bertz CT molecular complexity index is 757. The molecule has 2 rings (SSSR count). The Morgan fingerprint density at radius 3 is 2.71 bits per heavy atom. The van der Waals surface area contributed by atoms with Gasteiger partial charge in [-0.25, -0.2) is 0 Å². The molecule has 0 spiro atoms. The molecule has 21 heavy (non-hydrogen) atoms. The molecule has 0 unspecified atom stereocenters. The molecule has 2 aromatic heterocycles. The number of pyridine rings is 2. The van der Waals surface area contributed by atoms with E-state index in [1.807, 2.05) is 6.07 Å². The van der Waals surface area contributed by atoms with E-state index in [0.717, 1.165) is 0 Å². The van der Waals surface area contributed by atoms with Crippen molar-refractivity contribution in [3.63, 3.8) is 0 Å². The molecule has 0 fully saturated rings. The standard InChI is InChI=1S/C15H14N4O2/c1-18(2)14(20)10-19-13(12-4-3-7-17-9-12)6-5-11(8-16)15(19)21/h3-7,9H,10H2,1-2H3. The van der Waals surface area contributed by atoms with E-state index in [4.69, 9.17) is 5.26 Å². The number of hydrogen-bond acceptors (Lipinski definition) is 4. The third kappa shape index (κ3) is 2.98. The van der Waals surface area contributed by atoms with Gasteiger partial charge in [0.15, 0.2) is 0 Å². The minimum atomic E-state index is -0.478. The second-order valence-electron chi connectivity index (χ2n) is 4.67. The maximum Gasteiger partial charge on any atom is 0.269 e. The molecular weight excluding hydrogens is 268 g/mol. The molecule has 0 bridgehead atoms. The van der Waals surface area contributed by atoms with Gasteiger partial charge in [-0.05, 0) is 24.3 Å². The summed E-state index contributed by atoms with van der Waals surface area (Å²) in [6, 6.07) is 8.50. The molecule has 0 N–H and O–H groups in total. The average Bonchev–Trinajstić information content (AvgIpc) is 2.49. The number of amides is 1. The molecule has 0 saturated heterocycles. The van der Waals surface area contributed by atoms with E-state index in [0.29, 0.717) is 11.3 Å². The Hall–Kier alpha value is -2.94. The molecule has 6 heteroatoms. The van der Waals surface area contributed by atoms with Crippen LogP contribution in [-0.2, 0) is 11.3 Å². The highest BCUT2D eigenvalue weighted by atomic mass is 16.2. The first-order valence-corrected chi connectivity index (χ1v) is 6.29. The molecule has 0 aromatic carbocycles. The third-order valence-corrected chi connectivity index (χ3v) is 3.04. The van der Waals surface area contributed by atoms with Crippen LogP contribution < -0.4 is 5.56 Å². The van der Waals surface area contributed by atoms with E-state index in [-0.39, 0.29) is 18.0 Å². The van der Waals surface area contributed by atoms with Gasteiger partial charge in [-0.2, -0.15) is 5.26 Å². The van der Waals surface area contributed by atoms with Crippen molar-refractivity contribution in [1.29, 1.82) is 5.26 Å². The van der Waals surface area contributed by atoms with Crippen molar-refractivity contribution >= 4 is 5.91 Å². The van der Waals surface area contributed by atoms with Crippen molar-refractivity contribution in [2.24, 2.45) is 0 Å². The molecule has 0 aliphatic carbocycles. The van der Waals surface area contributed by atoms with Crippen LogP contribution in [0.5, 0.6) is 0 Å². The van der Waals surface area contributed by atoms with Crippen LogP contribution in [0.15, 0.2) is 41.5 Å². The van der Waals surface area contributed by atoms with Crippen molar-refractivity contribution in [3.8, 4) is 17.3 Å². The summed E-state index contributed by atoms with van der Waals surface area (Å²) in [7, 11) is 3.23. The predicted octanol–water partition coefficient (Wildman–Crippen LogP) is 0.870. The normalized spacial score (nSPS) is 9.95. The number of carbonyl (C=O) groups is 1. The summed E-state index contributed by atoms with van der Waals surface area (Å²) in [5.74, 6) is -0.225. The van der Waals surface area contributed by atoms with Gasteiger partial charge >= 0.3 is 0 Å². The number of nitrogens with zero attached hydrogens (tertiary/aromatic N) is 4. The van der Waals surface area contributed by atoms with Crippen molar-refractivity contribution in [2.75, 3.05) is 14.1 Å². The fourth-order valence-corrected chi connectivity index (χ4v) is 1.86. The van der Waals surface area contributed by atoms with Crippen LogP contribution in [0.4, 0.5) is 0 Å². The fraction of sp³-hybridized carbons (Fsp3) is 0.200. The average molecular weight is 282 g/mol. The monoisotopic (exact) mass is 282 g/mol. The highest BCUT2D eigenvalue weighted by Gasteiger charge is 2.14. The van der Waals surface area contributed by atoms with Crippen molar-refractivity contribution in [1.82, 2.24) is 14.5 Å². The molecule has 0 aliphatic heterocycles. The minimum Gasteiger partial charge on any atom is -0.347 e. The molecule has 2 aromatic rings. The maximum atomic E-state index is 12.3. The SMILES string of the molecule is CN(C)C(=O)Cn1c(-c2cccnc2)ccc(C#N)c1=O. The second kappa shape index (κ2) is 6.01. The Morgan fingerprint density at radius 2 is 2.14 bits per heavy atom. The number of nitriles is 1. The molecule has 6 nitrogen and oxygen atoms in total. The lowest BCUT2D eigenvalue weighted by Gasteiger charge is -2.15. The van der Waals surface area contributed by atoms with Crippen LogP contribution in [0.25, 0.3) is 11.3 Å². The molecule has 2 heterocycles. The van der Waals surface area contributed by atoms with Gasteiger partial charge in [0.2, 0.25) is 5.91 Å². The number of carbonyl (C=O) groups excluding carboxylic acids is 1. The van der Waals surface area contributed by atoms with Crippen LogP contribution in [0.2, 0.25) is 0 Å². The lowest BCUT2D eigenvalue weighted by Crippen LogP contribution is -2.33. The van der Waals surface area contributed by atoms with Gasteiger partial charge in [-0.3, -0.25) is 19.1 Å². The van der Waals surface area contributed by atoms with E-state index in [1.54, 1.807) is 44.7 Å². The molecule has 0 atom stereocenters. The summed E-state index contributed by atoms with van der Waals surface area (Å²) in [5, 5.41) is 8.98. The van der Waals surface area contributed by atoms with E-state index in [2.05, 4.69) is 4.98 Å². The topological polar surface area (TPSA) is 79.0 Å². The molecule has 0 radical (unpaired) electrons. The number of rotatable bonds is 3. The van der Waals surface area contributed by atoms with Crippen LogP contribution in [0.1, 0.15) is 5.56 Å². The Kier molecular flexibility index (Phi) is 4.14. The zero-order valence-electron chi connectivity index (χ0n) is 11.8. The molecule has 1 amide bonds. The van der Waals surface area contributed by atoms with Gasteiger partial charge in [-0.15, -0.1) is 0 Å². The van der Waals surface area contributed by atoms with Gasteiger partial charge in [0.1, 0.15) is 18.2 Å². The Labute approximate surface area is 121 Å². The lowest BCUT2D eigenvalue weighted by molar-refractivity contribution is -0.129. The number of hydrogen-bond donors (Lipinski definition) is 0. The van der Waals surface area contributed by atoms with E-state index in [9.17, 15) is 9.59 Å². The lowest BCUT2D eigenvalue weighted by atomic mass is 10.1. The smallest absolute Gasteiger partial charge is 0.269 e. The fourth-order valence-electron chi connectivity index (χ4n) is 1.86. The van der Waals surface area contributed by atoms with Crippen LogP contribution in [0.3, 0.4) is 0 Å². The molecule has 0 saturated carbocycles. The van der Waals surface area contributed by atoms with E-state index < -0.39 is 5.56 Å². The molecule has 106 valence electrons. The Morgan fingerprint density at radius 1 is 1.38 bits per heavy atom. The van der Waals surface area contributed by atoms with E-state index >= 15 is 0 Å². The van der Waals surface area contributed by atoms with Gasteiger partial charge in [-0.1, -0.05) is 0 Å². The first kappa shape index (κ1) is 14.5. The maximum absolute atomic E-state index is 12.3. The summed E-state index contributed by atoms with van der Waals surface area (Å²) < 4.78 is 1.30. The molecule has 0 aliphatic rings. The minimum absolute atomic E-state index is 0.00852. The number of aromatic nitrogens is 2. The summed E-state index contributed by atoms with van der Waals surface area (Å²) >= 11 is 0. The zero-order valence-corrected chi connectivity index (χ0v) is 11.8. The van der Waals surface area contributed by atoms with Crippen molar-refractivity contribution in [2.45, 2.75) is 6.54 Å².